The molecule has 0 bridgehead atoms. The van der Waals surface area contributed by atoms with Crippen LogP contribution in [-0.4, -0.2) is 72.1 Å². The third kappa shape index (κ3) is 9.82. The number of carboxylic acid groups (broad SMARTS) is 1. The average Bonchev–Trinajstić information content (AvgIpc) is 4.19. The van der Waals surface area contributed by atoms with Gasteiger partial charge < -0.3 is 21.1 Å². The first-order valence-corrected chi connectivity index (χ1v) is 20.1. The molecule has 11 nitrogen and oxygen atoms in total. The maximum absolute atomic E-state index is 12.9. The molecule has 2 aliphatic rings. The van der Waals surface area contributed by atoms with Gasteiger partial charge in [-0.2, -0.15) is 26.3 Å². The number of fused-ring (bicyclic) bond motifs is 2. The van der Waals surface area contributed by atoms with Crippen LogP contribution in [0, 0.1) is 0 Å². The van der Waals surface area contributed by atoms with E-state index in [1.807, 2.05) is 69.3 Å². The Hall–Kier alpha value is -6.78. The highest BCUT2D eigenvalue weighted by Crippen LogP contribution is 2.46. The van der Waals surface area contributed by atoms with Gasteiger partial charge in [0, 0.05) is 51.3 Å². The number of carbonyl (C=O) groups is 2. The smallest absolute Gasteiger partial charge is 0.416 e. The molecule has 63 heavy (non-hydrogen) atoms. The maximum Gasteiger partial charge on any atom is 0.416 e. The Kier molecular flexibility index (Phi) is 11.8. The SMILES string of the molecule is C=CC(=O)NC1(CNc2nnc(-c3ccc(C(F)(F)F)cc3)c3ccccc23)CC1.CC(C)(C)N(C(=O)O)C1(CNc2nnc(-c3ccc(C(F)(F)F)cc3)c3ccccc23)CC1. The molecule has 0 atom stereocenters. The zero-order valence-electron chi connectivity index (χ0n) is 34.5. The molecule has 2 fully saturated rings. The lowest BCUT2D eigenvalue weighted by atomic mass is 10.0. The van der Waals surface area contributed by atoms with Gasteiger partial charge in [-0.25, -0.2) is 4.79 Å². The molecule has 2 amide bonds. The molecule has 17 heteroatoms. The molecule has 0 saturated heterocycles. The van der Waals surface area contributed by atoms with Crippen molar-refractivity contribution in [3.05, 3.63) is 121 Å². The van der Waals surface area contributed by atoms with Crippen molar-refractivity contribution in [1.29, 1.82) is 0 Å². The minimum Gasteiger partial charge on any atom is -0.465 e. The summed E-state index contributed by atoms with van der Waals surface area (Å²) in [7, 11) is 0. The van der Waals surface area contributed by atoms with Gasteiger partial charge in [0.25, 0.3) is 0 Å². The van der Waals surface area contributed by atoms with E-state index in [0.29, 0.717) is 47.2 Å². The summed E-state index contributed by atoms with van der Waals surface area (Å²) in [6.07, 6.45) is -5.31. The predicted molar refractivity (Wildman–Crippen MR) is 229 cm³/mol. The van der Waals surface area contributed by atoms with Crippen LogP contribution < -0.4 is 16.0 Å². The van der Waals surface area contributed by atoms with E-state index in [9.17, 15) is 41.0 Å². The number of amides is 2. The zero-order chi connectivity index (χ0) is 45.4. The van der Waals surface area contributed by atoms with Gasteiger partial charge in [0.05, 0.1) is 22.2 Å². The van der Waals surface area contributed by atoms with Crippen LogP contribution in [0.5, 0.6) is 0 Å². The van der Waals surface area contributed by atoms with E-state index in [-0.39, 0.29) is 11.4 Å². The fourth-order valence-corrected chi connectivity index (χ4v) is 7.66. The van der Waals surface area contributed by atoms with Crippen molar-refractivity contribution >= 4 is 45.2 Å². The van der Waals surface area contributed by atoms with Crippen molar-refractivity contribution in [1.82, 2.24) is 30.6 Å². The molecule has 2 aliphatic carbocycles. The Bertz CT molecular complexity index is 2660. The van der Waals surface area contributed by atoms with E-state index in [0.717, 1.165) is 71.5 Å². The molecule has 2 heterocycles. The van der Waals surface area contributed by atoms with Crippen LogP contribution in [0.3, 0.4) is 0 Å². The van der Waals surface area contributed by atoms with E-state index >= 15 is 0 Å². The molecule has 0 aliphatic heterocycles. The highest BCUT2D eigenvalue weighted by atomic mass is 19.4. The van der Waals surface area contributed by atoms with E-state index in [1.165, 1.54) is 35.2 Å². The van der Waals surface area contributed by atoms with Gasteiger partial charge in [0.2, 0.25) is 5.91 Å². The quantitative estimate of drug-likeness (QED) is 0.0738. The second-order valence-electron chi connectivity index (χ2n) is 16.7. The third-order valence-corrected chi connectivity index (χ3v) is 11.1. The highest BCUT2D eigenvalue weighted by Gasteiger charge is 2.54. The van der Waals surface area contributed by atoms with Gasteiger partial charge in [-0.1, -0.05) is 79.4 Å². The Labute approximate surface area is 358 Å². The largest absolute Gasteiger partial charge is 0.465 e. The van der Waals surface area contributed by atoms with Crippen LogP contribution in [0.4, 0.5) is 42.8 Å². The minimum absolute atomic E-state index is 0.220. The molecule has 4 aromatic carbocycles. The van der Waals surface area contributed by atoms with E-state index < -0.39 is 40.7 Å². The zero-order valence-corrected chi connectivity index (χ0v) is 34.5. The number of carbonyl (C=O) groups excluding carboxylic acids is 1. The predicted octanol–water partition coefficient (Wildman–Crippen LogP) is 10.6. The Balaban J connectivity index is 0.000000190. The van der Waals surface area contributed by atoms with Crippen molar-refractivity contribution in [3.63, 3.8) is 0 Å². The monoisotopic (exact) mass is 870 g/mol. The summed E-state index contributed by atoms with van der Waals surface area (Å²) in [6.45, 7) is 9.96. The number of rotatable bonds is 11. The molecule has 6 aromatic rings. The molecule has 8 rings (SSSR count). The second-order valence-corrected chi connectivity index (χ2v) is 16.7. The van der Waals surface area contributed by atoms with E-state index in [2.05, 4.69) is 42.9 Å². The number of halogens is 6. The molecule has 0 spiro atoms. The molecule has 0 radical (unpaired) electrons. The molecule has 2 aromatic heterocycles. The van der Waals surface area contributed by atoms with Crippen LogP contribution in [0.2, 0.25) is 0 Å². The molecule has 2 saturated carbocycles. The summed E-state index contributed by atoms with van der Waals surface area (Å²) in [5.74, 6) is 0.843. The third-order valence-electron chi connectivity index (χ3n) is 11.1. The van der Waals surface area contributed by atoms with Crippen LogP contribution in [0.1, 0.15) is 57.6 Å². The van der Waals surface area contributed by atoms with E-state index in [4.69, 9.17) is 0 Å². The lowest BCUT2D eigenvalue weighted by Gasteiger charge is -2.40. The first kappa shape index (κ1) is 44.3. The van der Waals surface area contributed by atoms with Crippen LogP contribution in [-0.2, 0) is 17.1 Å². The van der Waals surface area contributed by atoms with Crippen molar-refractivity contribution in [2.45, 2.75) is 75.4 Å². The normalized spacial score (nSPS) is 15.1. The molecular weight excluding hydrogens is 827 g/mol. The standard InChI is InChI=1S/C24H25F3N4O2.C22H19F3N4O/c1-22(2,3)31(21(32)33)23(12-13-23)14-28-20-18-7-5-4-6-17(18)19(29-30-20)15-8-10-16(11-9-15)24(25,26)27;1-2-18(30)27-21(11-12-21)13-26-20-17-6-4-3-5-16(17)19(28-29-20)14-7-9-15(10-8-14)22(23,24)25/h4-11H,12-14H2,1-3H3,(H,28,30)(H,32,33);2-10H,1,11-13H2,(H,26,29)(H,27,30). The summed E-state index contributed by atoms with van der Waals surface area (Å²) in [5, 5.41) is 39.5. The van der Waals surface area contributed by atoms with E-state index in [1.54, 1.807) is 0 Å². The fraction of sp³-hybridized carbons (Fsp3) is 0.304. The first-order chi connectivity index (χ1) is 29.7. The van der Waals surface area contributed by atoms with Crippen LogP contribution in [0.25, 0.3) is 44.1 Å². The van der Waals surface area contributed by atoms with Crippen molar-refractivity contribution in [3.8, 4) is 22.5 Å². The Morgan fingerprint density at radius 2 is 1.06 bits per heavy atom. The highest BCUT2D eigenvalue weighted by molar-refractivity contribution is 6.01. The van der Waals surface area contributed by atoms with Gasteiger partial charge in [0.1, 0.15) is 11.4 Å². The Morgan fingerprint density at radius 1 is 0.651 bits per heavy atom. The van der Waals surface area contributed by atoms with Gasteiger partial charge in [-0.3, -0.25) is 9.69 Å². The van der Waals surface area contributed by atoms with Crippen molar-refractivity contribution < 1.29 is 41.0 Å². The topological polar surface area (TPSA) is 145 Å². The van der Waals surface area contributed by atoms with Gasteiger partial charge in [-0.15, -0.1) is 20.4 Å². The number of alkyl halides is 6. The molecule has 4 N–H and O–H groups in total. The minimum atomic E-state index is -4.41. The summed E-state index contributed by atoms with van der Waals surface area (Å²) in [6, 6.07) is 24.5. The lowest BCUT2D eigenvalue weighted by Crippen LogP contribution is -2.55. The average molecular weight is 871 g/mol. The summed E-state index contributed by atoms with van der Waals surface area (Å²) in [5.41, 5.74) is -0.754. The van der Waals surface area contributed by atoms with Crippen molar-refractivity contribution in [2.75, 3.05) is 23.7 Å². The molecular formula is C46H44F6N8O3. The lowest BCUT2D eigenvalue weighted by molar-refractivity contribution is -0.138. The van der Waals surface area contributed by atoms with Crippen LogP contribution >= 0.6 is 0 Å². The second kappa shape index (κ2) is 16.8. The number of nitrogens with one attached hydrogen (secondary N) is 3. The molecule has 328 valence electrons. The van der Waals surface area contributed by atoms with Gasteiger partial charge in [-0.05, 0) is 76.8 Å². The number of aromatic nitrogens is 4. The van der Waals surface area contributed by atoms with Gasteiger partial charge >= 0.3 is 18.4 Å². The van der Waals surface area contributed by atoms with Gasteiger partial charge in [0.15, 0.2) is 11.6 Å². The van der Waals surface area contributed by atoms with Crippen molar-refractivity contribution in [2.24, 2.45) is 0 Å². The number of benzene rings is 4. The Morgan fingerprint density at radius 3 is 1.41 bits per heavy atom. The summed E-state index contributed by atoms with van der Waals surface area (Å²) in [4.78, 5) is 25.1. The number of hydrogen-bond acceptors (Lipinski definition) is 8. The molecule has 0 unspecified atom stereocenters. The number of hydrogen-bond donors (Lipinski definition) is 4. The summed E-state index contributed by atoms with van der Waals surface area (Å²) >= 11 is 0. The van der Waals surface area contributed by atoms with Crippen LogP contribution in [0.15, 0.2) is 110 Å². The fourth-order valence-electron chi connectivity index (χ4n) is 7.66. The number of nitrogens with zero attached hydrogens (tertiary/aromatic N) is 5. The first-order valence-electron chi connectivity index (χ1n) is 20.1. The summed E-state index contributed by atoms with van der Waals surface area (Å²) < 4.78 is 77.3. The number of anilines is 2. The maximum atomic E-state index is 12.9.